The quantitative estimate of drug-likeness (QED) is 0.150. The van der Waals surface area contributed by atoms with Crippen molar-refractivity contribution in [1.82, 2.24) is 4.90 Å². The predicted octanol–water partition coefficient (Wildman–Crippen LogP) is 5.81. The Hall–Kier alpha value is -3.95. The van der Waals surface area contributed by atoms with E-state index in [1.54, 1.807) is 23.1 Å². The number of ether oxygens (including phenoxy) is 2. The van der Waals surface area contributed by atoms with Crippen LogP contribution in [0.5, 0.6) is 5.75 Å². The van der Waals surface area contributed by atoms with Crippen LogP contribution in [-0.2, 0) is 16.1 Å². The highest BCUT2D eigenvalue weighted by Crippen LogP contribution is 2.36. The lowest BCUT2D eigenvalue weighted by molar-refractivity contribution is -0.386. The number of aliphatic imine (C=N–C) groups is 1. The molecular weight excluding hydrogens is 478 g/mol. The van der Waals surface area contributed by atoms with E-state index in [1.807, 2.05) is 67.6 Å². The van der Waals surface area contributed by atoms with Crippen molar-refractivity contribution in [2.45, 2.75) is 13.5 Å². The van der Waals surface area contributed by atoms with Gasteiger partial charge in [-0.1, -0.05) is 54.6 Å². The summed E-state index contributed by atoms with van der Waals surface area (Å²) in [6.07, 6.45) is 1.64. The highest BCUT2D eigenvalue weighted by atomic mass is 32.2. The van der Waals surface area contributed by atoms with Gasteiger partial charge in [-0.3, -0.25) is 19.8 Å². The molecule has 4 rings (SSSR count). The van der Waals surface area contributed by atoms with Gasteiger partial charge in [0.25, 0.3) is 5.91 Å². The molecule has 0 saturated carbocycles. The minimum absolute atomic E-state index is 0.165. The molecule has 1 fully saturated rings. The molecule has 1 saturated heterocycles. The summed E-state index contributed by atoms with van der Waals surface area (Å²) in [5.41, 5.74) is 1.99. The van der Waals surface area contributed by atoms with Crippen LogP contribution in [0, 0.1) is 10.1 Å². The van der Waals surface area contributed by atoms with Crippen molar-refractivity contribution in [1.29, 1.82) is 0 Å². The summed E-state index contributed by atoms with van der Waals surface area (Å²) >= 11 is 1.23. The third-order valence-corrected chi connectivity index (χ3v) is 6.25. The van der Waals surface area contributed by atoms with E-state index in [4.69, 9.17) is 9.47 Å². The zero-order valence-electron chi connectivity index (χ0n) is 19.7. The van der Waals surface area contributed by atoms with Crippen LogP contribution >= 0.6 is 11.8 Å². The van der Waals surface area contributed by atoms with Crippen LogP contribution in [0.2, 0.25) is 0 Å². The Morgan fingerprint density at radius 2 is 1.78 bits per heavy atom. The highest BCUT2D eigenvalue weighted by Gasteiger charge is 2.33. The molecule has 0 spiro atoms. The molecule has 8 nitrogen and oxygen atoms in total. The molecule has 1 amide bonds. The topological polar surface area (TPSA) is 94.3 Å². The Labute approximate surface area is 213 Å². The standard InChI is InChI=1S/C27H25N3O5S/c1-2-34-16-15-29-26(31)25(36-27(29)28-22-11-7-4-8-12-22)18-21-13-14-24(23(17-21)30(32)33)35-19-20-9-5-3-6-10-20/h3-14,17-18H,2,15-16,19H2,1H3/b25-18-,28-27?. The molecule has 0 unspecified atom stereocenters. The maximum absolute atomic E-state index is 13.2. The molecule has 9 heteroatoms. The second kappa shape index (κ2) is 12.1. The van der Waals surface area contributed by atoms with E-state index < -0.39 is 4.92 Å². The maximum atomic E-state index is 13.2. The number of hydrogen-bond acceptors (Lipinski definition) is 7. The number of nitro benzene ring substituents is 1. The van der Waals surface area contributed by atoms with Crippen LogP contribution in [0.15, 0.2) is 88.8 Å². The Bertz CT molecular complexity index is 1280. The minimum Gasteiger partial charge on any atom is -0.482 e. The molecule has 3 aromatic rings. The summed E-state index contributed by atoms with van der Waals surface area (Å²) in [6, 6.07) is 23.5. The predicted molar refractivity (Wildman–Crippen MR) is 141 cm³/mol. The molecule has 3 aromatic carbocycles. The molecule has 0 atom stereocenters. The van der Waals surface area contributed by atoms with E-state index in [2.05, 4.69) is 4.99 Å². The van der Waals surface area contributed by atoms with Crippen LogP contribution in [0.25, 0.3) is 6.08 Å². The Kier molecular flexibility index (Phi) is 8.48. The number of para-hydroxylation sites is 1. The van der Waals surface area contributed by atoms with Gasteiger partial charge in [0.15, 0.2) is 10.9 Å². The summed E-state index contributed by atoms with van der Waals surface area (Å²) in [5.74, 6) is -0.0532. The average molecular weight is 504 g/mol. The van der Waals surface area contributed by atoms with Gasteiger partial charge >= 0.3 is 5.69 Å². The minimum atomic E-state index is -0.484. The van der Waals surface area contributed by atoms with Gasteiger partial charge in [0.1, 0.15) is 6.61 Å². The van der Waals surface area contributed by atoms with E-state index in [0.717, 1.165) is 11.3 Å². The van der Waals surface area contributed by atoms with Gasteiger partial charge in [-0.2, -0.15) is 0 Å². The summed E-state index contributed by atoms with van der Waals surface area (Å²) in [6.45, 7) is 3.39. The number of benzene rings is 3. The van der Waals surface area contributed by atoms with Gasteiger partial charge < -0.3 is 9.47 Å². The molecule has 0 N–H and O–H groups in total. The van der Waals surface area contributed by atoms with Gasteiger partial charge in [0.2, 0.25) is 0 Å². The van der Waals surface area contributed by atoms with Crippen molar-refractivity contribution in [3.8, 4) is 5.75 Å². The summed E-state index contributed by atoms with van der Waals surface area (Å²) in [7, 11) is 0. The average Bonchev–Trinajstić information content (AvgIpc) is 3.18. The summed E-state index contributed by atoms with van der Waals surface area (Å²) in [4.78, 5) is 31.1. The number of nitrogens with zero attached hydrogens (tertiary/aromatic N) is 3. The molecule has 0 radical (unpaired) electrons. The first-order chi connectivity index (χ1) is 17.5. The van der Waals surface area contributed by atoms with Crippen molar-refractivity contribution < 1.29 is 19.2 Å². The van der Waals surface area contributed by atoms with Crippen molar-refractivity contribution in [3.05, 3.63) is 105 Å². The van der Waals surface area contributed by atoms with Gasteiger partial charge in [-0.15, -0.1) is 0 Å². The lowest BCUT2D eigenvalue weighted by Crippen LogP contribution is -2.32. The van der Waals surface area contributed by atoms with Gasteiger partial charge in [0, 0.05) is 12.7 Å². The monoisotopic (exact) mass is 503 g/mol. The largest absolute Gasteiger partial charge is 0.482 e. The fourth-order valence-electron chi connectivity index (χ4n) is 3.48. The molecule has 0 aromatic heterocycles. The van der Waals surface area contributed by atoms with Crippen LogP contribution in [0.3, 0.4) is 0 Å². The Morgan fingerprint density at radius 3 is 2.47 bits per heavy atom. The smallest absolute Gasteiger partial charge is 0.311 e. The zero-order chi connectivity index (χ0) is 25.3. The van der Waals surface area contributed by atoms with Crippen LogP contribution in [0.4, 0.5) is 11.4 Å². The molecule has 1 heterocycles. The lowest BCUT2D eigenvalue weighted by atomic mass is 10.1. The number of carbonyl (C=O) groups is 1. The van der Waals surface area contributed by atoms with Crippen molar-refractivity contribution in [3.63, 3.8) is 0 Å². The van der Waals surface area contributed by atoms with E-state index >= 15 is 0 Å². The van der Waals surface area contributed by atoms with Gasteiger partial charge in [-0.25, -0.2) is 4.99 Å². The number of rotatable bonds is 10. The summed E-state index contributed by atoms with van der Waals surface area (Å²) < 4.78 is 11.1. The SMILES string of the molecule is CCOCCN1C(=O)/C(=C/c2ccc(OCc3ccccc3)c([N+](=O)[O-])c2)SC1=Nc1ccccc1. The molecule has 36 heavy (non-hydrogen) atoms. The Balaban J connectivity index is 1.58. The van der Waals surface area contributed by atoms with Gasteiger partial charge in [-0.05, 0) is 54.1 Å². The number of carbonyl (C=O) groups excluding carboxylic acids is 1. The molecule has 0 bridgehead atoms. The highest BCUT2D eigenvalue weighted by molar-refractivity contribution is 8.18. The number of hydrogen-bond donors (Lipinski definition) is 0. The van der Waals surface area contributed by atoms with E-state index in [-0.39, 0.29) is 24.0 Å². The Morgan fingerprint density at radius 1 is 1.06 bits per heavy atom. The van der Waals surface area contributed by atoms with Crippen LogP contribution in [0.1, 0.15) is 18.1 Å². The maximum Gasteiger partial charge on any atom is 0.311 e. The second-order valence-electron chi connectivity index (χ2n) is 7.75. The summed E-state index contributed by atoms with van der Waals surface area (Å²) in [5, 5.41) is 12.3. The second-order valence-corrected chi connectivity index (χ2v) is 8.76. The third kappa shape index (κ3) is 6.38. The lowest BCUT2D eigenvalue weighted by Gasteiger charge is -2.15. The number of thioether (sulfide) groups is 1. The zero-order valence-corrected chi connectivity index (χ0v) is 20.5. The number of amidine groups is 1. The molecule has 184 valence electrons. The van der Waals surface area contributed by atoms with E-state index in [1.165, 1.54) is 17.8 Å². The third-order valence-electron chi connectivity index (χ3n) is 5.25. The first-order valence-electron chi connectivity index (χ1n) is 11.4. The van der Waals surface area contributed by atoms with Crippen molar-refractivity contribution >= 4 is 40.3 Å². The fourth-order valence-corrected chi connectivity index (χ4v) is 4.50. The first-order valence-corrected chi connectivity index (χ1v) is 12.2. The molecular formula is C27H25N3O5S. The fraction of sp³-hybridized carbons (Fsp3) is 0.185. The van der Waals surface area contributed by atoms with E-state index in [0.29, 0.717) is 35.4 Å². The van der Waals surface area contributed by atoms with Crippen molar-refractivity contribution in [2.75, 3.05) is 19.8 Å². The molecule has 1 aliphatic rings. The van der Waals surface area contributed by atoms with E-state index in [9.17, 15) is 14.9 Å². The molecule has 0 aliphatic carbocycles. The van der Waals surface area contributed by atoms with Crippen molar-refractivity contribution in [2.24, 2.45) is 4.99 Å². The molecule has 1 aliphatic heterocycles. The van der Waals surface area contributed by atoms with Gasteiger partial charge in [0.05, 0.1) is 28.7 Å². The van der Waals surface area contributed by atoms with Crippen LogP contribution < -0.4 is 4.74 Å². The number of amides is 1. The number of nitro groups is 1. The first kappa shape index (κ1) is 25.2. The van der Waals surface area contributed by atoms with Crippen LogP contribution in [-0.4, -0.2) is 40.7 Å². The normalized spacial score (nSPS) is 15.6.